The molecule has 2 aromatic heterocycles. The van der Waals surface area contributed by atoms with Gasteiger partial charge in [-0.2, -0.15) is 5.21 Å². The number of aromatic nitrogens is 5. The number of H-pyrrole nitrogens is 1. The highest BCUT2D eigenvalue weighted by Crippen LogP contribution is 2.43. The van der Waals surface area contributed by atoms with Crippen molar-refractivity contribution >= 4 is 0 Å². The number of benzene rings is 2. The van der Waals surface area contributed by atoms with Crippen LogP contribution in [0.3, 0.4) is 0 Å². The van der Waals surface area contributed by atoms with Crippen LogP contribution in [-0.2, 0) is 6.42 Å². The Morgan fingerprint density at radius 1 is 1.00 bits per heavy atom. The number of methoxy groups -OCH3 is 1. The fourth-order valence-corrected chi connectivity index (χ4v) is 3.95. The van der Waals surface area contributed by atoms with Crippen molar-refractivity contribution in [1.82, 2.24) is 25.6 Å². The van der Waals surface area contributed by atoms with E-state index in [2.05, 4.69) is 27.5 Å². The number of hydrogen-bond acceptors (Lipinski definition) is 8. The highest BCUT2D eigenvalue weighted by atomic mass is 16.7. The van der Waals surface area contributed by atoms with Crippen LogP contribution in [0.2, 0.25) is 0 Å². The molecule has 0 unspecified atom stereocenters. The van der Waals surface area contributed by atoms with Gasteiger partial charge in [-0.05, 0) is 54.0 Å². The summed E-state index contributed by atoms with van der Waals surface area (Å²) >= 11 is 0. The zero-order valence-corrected chi connectivity index (χ0v) is 18.6. The summed E-state index contributed by atoms with van der Waals surface area (Å²) in [6.07, 6.45) is 1.80. The van der Waals surface area contributed by atoms with Crippen LogP contribution < -0.4 is 18.9 Å². The van der Waals surface area contributed by atoms with Gasteiger partial charge in [0.25, 0.3) is 0 Å². The molecule has 0 atom stereocenters. The van der Waals surface area contributed by atoms with Crippen molar-refractivity contribution < 1.29 is 18.9 Å². The smallest absolute Gasteiger partial charge is 0.231 e. The predicted molar refractivity (Wildman–Crippen MR) is 121 cm³/mol. The largest absolute Gasteiger partial charge is 0.497 e. The molecule has 0 amide bonds. The molecule has 0 fully saturated rings. The highest BCUT2D eigenvalue weighted by molar-refractivity contribution is 5.87. The zero-order chi connectivity index (χ0) is 22.8. The summed E-state index contributed by atoms with van der Waals surface area (Å²) in [5.41, 5.74) is 4.61. The molecular formula is C24H23N5O4. The number of hydrogen-bond donors (Lipinski definition) is 1. The second-order valence-corrected chi connectivity index (χ2v) is 7.56. The lowest BCUT2D eigenvalue weighted by molar-refractivity contribution is 0.174. The number of ether oxygens (including phenoxy) is 4. The molecule has 0 spiro atoms. The molecule has 1 N–H and O–H groups in total. The number of tetrazole rings is 1. The number of aryl methyl sites for hydroxylation is 1. The molecular weight excluding hydrogens is 422 g/mol. The van der Waals surface area contributed by atoms with Crippen LogP contribution in [0.4, 0.5) is 0 Å². The Hall–Kier alpha value is -4.14. The molecule has 9 heteroatoms. The van der Waals surface area contributed by atoms with E-state index in [1.807, 2.05) is 43.3 Å². The van der Waals surface area contributed by atoms with Crippen LogP contribution in [0.5, 0.6) is 28.9 Å². The van der Waals surface area contributed by atoms with Crippen molar-refractivity contribution in [3.8, 4) is 51.4 Å². The van der Waals surface area contributed by atoms with Gasteiger partial charge >= 0.3 is 0 Å². The third kappa shape index (κ3) is 3.93. The first-order valence-corrected chi connectivity index (χ1v) is 10.7. The van der Waals surface area contributed by atoms with E-state index >= 15 is 0 Å². The van der Waals surface area contributed by atoms with E-state index in [-0.39, 0.29) is 6.79 Å². The van der Waals surface area contributed by atoms with Crippen molar-refractivity contribution in [1.29, 1.82) is 0 Å². The Kier molecular flexibility index (Phi) is 5.52. The summed E-state index contributed by atoms with van der Waals surface area (Å²) in [6, 6.07) is 13.3. The van der Waals surface area contributed by atoms with Gasteiger partial charge in [0, 0.05) is 17.3 Å². The maximum absolute atomic E-state index is 6.29. The van der Waals surface area contributed by atoms with Gasteiger partial charge in [-0.1, -0.05) is 25.5 Å². The molecule has 0 saturated heterocycles. The summed E-state index contributed by atoms with van der Waals surface area (Å²) in [5.74, 6) is 3.45. The fourth-order valence-electron chi connectivity index (χ4n) is 3.95. The molecule has 33 heavy (non-hydrogen) atoms. The van der Waals surface area contributed by atoms with Gasteiger partial charge in [0.15, 0.2) is 11.5 Å². The summed E-state index contributed by atoms with van der Waals surface area (Å²) < 4.78 is 22.5. The standard InChI is InChI=1S/C24H23N5O4/c1-4-5-18-14(2)25-24(33-17-10-11-19-20(12-17)32-13-31-19)22(23-26-28-29-27-23)21(18)15-6-8-16(30-3)9-7-15/h6-12H,4-5,13H2,1-3H3,(H,26,27,28,29). The molecule has 0 aliphatic carbocycles. The minimum Gasteiger partial charge on any atom is -0.497 e. The van der Waals surface area contributed by atoms with Crippen LogP contribution >= 0.6 is 0 Å². The third-order valence-electron chi connectivity index (χ3n) is 5.48. The fraction of sp³-hybridized carbons (Fsp3) is 0.250. The molecule has 0 bridgehead atoms. The van der Waals surface area contributed by atoms with E-state index in [4.69, 9.17) is 23.9 Å². The Morgan fingerprint density at radius 3 is 2.52 bits per heavy atom. The Morgan fingerprint density at radius 2 is 1.79 bits per heavy atom. The van der Waals surface area contributed by atoms with Crippen molar-refractivity contribution in [2.24, 2.45) is 0 Å². The van der Waals surface area contributed by atoms with Crippen LogP contribution in [0, 0.1) is 6.92 Å². The van der Waals surface area contributed by atoms with Gasteiger partial charge in [-0.3, -0.25) is 0 Å². The average Bonchev–Trinajstić information content (AvgIpc) is 3.52. The van der Waals surface area contributed by atoms with E-state index < -0.39 is 0 Å². The monoisotopic (exact) mass is 445 g/mol. The number of nitrogens with one attached hydrogen (secondary N) is 1. The zero-order valence-electron chi connectivity index (χ0n) is 18.6. The number of fused-ring (bicyclic) bond motifs is 1. The Labute approximate surface area is 190 Å². The molecule has 1 aliphatic heterocycles. The lowest BCUT2D eigenvalue weighted by Crippen LogP contribution is -2.04. The van der Waals surface area contributed by atoms with Crippen molar-refractivity contribution in [2.75, 3.05) is 13.9 Å². The molecule has 9 nitrogen and oxygen atoms in total. The lowest BCUT2D eigenvalue weighted by Gasteiger charge is -2.19. The summed E-state index contributed by atoms with van der Waals surface area (Å²) in [6.45, 7) is 4.32. The highest BCUT2D eigenvalue weighted by Gasteiger charge is 2.25. The first kappa shape index (κ1) is 20.7. The van der Waals surface area contributed by atoms with Gasteiger partial charge in [0.05, 0.1) is 12.7 Å². The normalized spacial score (nSPS) is 12.1. The van der Waals surface area contributed by atoms with E-state index in [1.54, 1.807) is 13.2 Å². The van der Waals surface area contributed by atoms with Crippen molar-refractivity contribution in [3.05, 3.63) is 53.7 Å². The van der Waals surface area contributed by atoms with E-state index in [1.165, 1.54) is 0 Å². The predicted octanol–water partition coefficient (Wildman–Crippen LogP) is 4.72. The molecule has 1 aliphatic rings. The van der Waals surface area contributed by atoms with Crippen LogP contribution in [0.1, 0.15) is 24.6 Å². The SMILES string of the molecule is CCCc1c(C)nc(Oc2ccc3c(c2)OCO3)c(-c2nn[nH]n2)c1-c1ccc(OC)cc1. The van der Waals surface area contributed by atoms with Gasteiger partial charge in [0.2, 0.25) is 18.5 Å². The maximum Gasteiger partial charge on any atom is 0.231 e. The van der Waals surface area contributed by atoms with E-state index in [0.29, 0.717) is 34.5 Å². The minimum atomic E-state index is 0.192. The first-order chi connectivity index (χ1) is 16.2. The molecule has 3 heterocycles. The van der Waals surface area contributed by atoms with Gasteiger partial charge in [0.1, 0.15) is 11.5 Å². The van der Waals surface area contributed by atoms with Crippen LogP contribution in [0.25, 0.3) is 22.5 Å². The van der Waals surface area contributed by atoms with E-state index in [9.17, 15) is 0 Å². The summed E-state index contributed by atoms with van der Waals surface area (Å²) in [7, 11) is 1.65. The Bertz CT molecular complexity index is 1270. The summed E-state index contributed by atoms with van der Waals surface area (Å²) in [4.78, 5) is 4.82. The second-order valence-electron chi connectivity index (χ2n) is 7.56. The van der Waals surface area contributed by atoms with Gasteiger partial charge in [-0.25, -0.2) is 4.98 Å². The second kappa shape index (κ2) is 8.78. The van der Waals surface area contributed by atoms with Crippen LogP contribution in [0.15, 0.2) is 42.5 Å². The quantitative estimate of drug-likeness (QED) is 0.436. The molecule has 0 saturated carbocycles. The number of pyridine rings is 1. The van der Waals surface area contributed by atoms with Gasteiger partial charge < -0.3 is 18.9 Å². The number of nitrogens with zero attached hydrogens (tertiary/aromatic N) is 4. The minimum absolute atomic E-state index is 0.192. The lowest BCUT2D eigenvalue weighted by atomic mass is 9.91. The van der Waals surface area contributed by atoms with Crippen molar-refractivity contribution in [2.45, 2.75) is 26.7 Å². The maximum atomic E-state index is 6.29. The molecule has 2 aromatic carbocycles. The molecule has 4 aromatic rings. The van der Waals surface area contributed by atoms with E-state index in [0.717, 1.165) is 41.0 Å². The van der Waals surface area contributed by atoms with Gasteiger partial charge in [-0.15, -0.1) is 10.2 Å². The Balaban J connectivity index is 1.71. The van der Waals surface area contributed by atoms with Crippen molar-refractivity contribution in [3.63, 3.8) is 0 Å². The first-order valence-electron chi connectivity index (χ1n) is 10.7. The summed E-state index contributed by atoms with van der Waals surface area (Å²) in [5, 5.41) is 14.8. The number of aromatic amines is 1. The average molecular weight is 445 g/mol. The number of rotatable bonds is 7. The van der Waals surface area contributed by atoms with Crippen LogP contribution in [-0.4, -0.2) is 39.5 Å². The third-order valence-corrected chi connectivity index (χ3v) is 5.48. The molecule has 168 valence electrons. The topological polar surface area (TPSA) is 104 Å². The molecule has 5 rings (SSSR count). The molecule has 0 radical (unpaired) electrons.